The predicted molar refractivity (Wildman–Crippen MR) is 81.9 cm³/mol. The third-order valence-electron chi connectivity index (χ3n) is 3.15. The molecule has 0 fully saturated rings. The van der Waals surface area contributed by atoms with Crippen LogP contribution in [0.4, 0.5) is 0 Å². The van der Waals surface area contributed by atoms with Gasteiger partial charge in [-0.05, 0) is 37.6 Å². The summed E-state index contributed by atoms with van der Waals surface area (Å²) in [5, 5.41) is 3.75. The molecule has 0 saturated heterocycles. The summed E-state index contributed by atoms with van der Waals surface area (Å²) in [6.07, 6.45) is 1.86. The first-order valence-corrected chi connectivity index (χ1v) is 8.83. The highest BCUT2D eigenvalue weighted by Gasteiger charge is 2.25. The fourth-order valence-corrected chi connectivity index (χ4v) is 3.00. The second-order valence-corrected chi connectivity index (χ2v) is 7.87. The molecule has 0 aliphatic carbocycles. The fraction of sp³-hybridized carbons (Fsp3) is 0.538. The number of halogens is 2. The molecule has 0 spiro atoms. The Bertz CT molecular complexity index is 531. The molecule has 6 heteroatoms. The first kappa shape index (κ1) is 16.8. The molecule has 1 N–H and O–H groups in total. The Morgan fingerprint density at radius 3 is 2.37 bits per heavy atom. The van der Waals surface area contributed by atoms with Crippen molar-refractivity contribution in [3.8, 4) is 0 Å². The van der Waals surface area contributed by atoms with Gasteiger partial charge in [-0.25, -0.2) is 8.42 Å². The lowest BCUT2D eigenvalue weighted by Crippen LogP contribution is -2.43. The van der Waals surface area contributed by atoms with Crippen LogP contribution in [0.2, 0.25) is 10.0 Å². The molecule has 0 amide bonds. The first-order chi connectivity index (χ1) is 8.75. The molecule has 0 aromatic heterocycles. The second kappa shape index (κ2) is 6.93. The maximum Gasteiger partial charge on any atom is 0.151 e. The molecule has 0 bridgehead atoms. The van der Waals surface area contributed by atoms with Crippen LogP contribution in [0.5, 0.6) is 0 Å². The fourth-order valence-electron chi connectivity index (χ4n) is 1.89. The normalized spacial score (nSPS) is 15.2. The highest BCUT2D eigenvalue weighted by atomic mass is 35.5. The lowest BCUT2D eigenvalue weighted by molar-refractivity contribution is 0.494. The van der Waals surface area contributed by atoms with Crippen LogP contribution >= 0.6 is 23.2 Å². The molecular weight excluding hydrogens is 305 g/mol. The number of sulfone groups is 1. The molecule has 1 aromatic carbocycles. The van der Waals surface area contributed by atoms with E-state index >= 15 is 0 Å². The number of hydrogen-bond donors (Lipinski definition) is 1. The van der Waals surface area contributed by atoms with Gasteiger partial charge in [0.2, 0.25) is 0 Å². The molecule has 19 heavy (non-hydrogen) atoms. The van der Waals surface area contributed by atoms with Crippen molar-refractivity contribution in [2.45, 2.75) is 31.6 Å². The van der Waals surface area contributed by atoms with Gasteiger partial charge in [0.15, 0.2) is 9.84 Å². The summed E-state index contributed by atoms with van der Waals surface area (Å²) in [5.41, 5.74) is 0.968. The number of hydrogen-bond acceptors (Lipinski definition) is 3. The van der Waals surface area contributed by atoms with Gasteiger partial charge >= 0.3 is 0 Å². The van der Waals surface area contributed by atoms with Gasteiger partial charge in [0.1, 0.15) is 0 Å². The van der Waals surface area contributed by atoms with Crippen molar-refractivity contribution in [2.75, 3.05) is 12.8 Å². The Morgan fingerprint density at radius 1 is 1.26 bits per heavy atom. The molecule has 108 valence electrons. The van der Waals surface area contributed by atoms with E-state index in [0.29, 0.717) is 23.0 Å². The van der Waals surface area contributed by atoms with Crippen LogP contribution in [0.3, 0.4) is 0 Å². The molecule has 0 saturated carbocycles. The van der Waals surface area contributed by atoms with Crippen LogP contribution in [0.1, 0.15) is 19.4 Å². The van der Waals surface area contributed by atoms with Crippen molar-refractivity contribution in [1.29, 1.82) is 0 Å². The van der Waals surface area contributed by atoms with Crippen LogP contribution in [0.15, 0.2) is 18.2 Å². The van der Waals surface area contributed by atoms with E-state index in [4.69, 9.17) is 23.2 Å². The topological polar surface area (TPSA) is 46.2 Å². The second-order valence-electron chi connectivity index (χ2n) is 4.65. The molecule has 0 radical (unpaired) electrons. The minimum Gasteiger partial charge on any atom is -0.313 e. The highest BCUT2D eigenvalue weighted by Crippen LogP contribution is 2.23. The Kier molecular flexibility index (Phi) is 6.12. The van der Waals surface area contributed by atoms with Crippen molar-refractivity contribution >= 4 is 33.0 Å². The summed E-state index contributed by atoms with van der Waals surface area (Å²) in [5.74, 6) is 0. The van der Waals surface area contributed by atoms with Crippen molar-refractivity contribution < 1.29 is 8.42 Å². The van der Waals surface area contributed by atoms with E-state index in [1.54, 1.807) is 19.1 Å². The van der Waals surface area contributed by atoms with Gasteiger partial charge in [0.05, 0.1) is 15.3 Å². The first-order valence-electron chi connectivity index (χ1n) is 6.12. The van der Waals surface area contributed by atoms with E-state index in [1.165, 1.54) is 6.26 Å². The van der Waals surface area contributed by atoms with Crippen molar-refractivity contribution in [2.24, 2.45) is 0 Å². The minimum absolute atomic E-state index is 0.141. The van der Waals surface area contributed by atoms with Crippen molar-refractivity contribution in [1.82, 2.24) is 5.32 Å². The molecule has 0 heterocycles. The maximum absolute atomic E-state index is 11.7. The van der Waals surface area contributed by atoms with E-state index in [-0.39, 0.29) is 6.04 Å². The summed E-state index contributed by atoms with van der Waals surface area (Å²) in [4.78, 5) is 0. The summed E-state index contributed by atoms with van der Waals surface area (Å²) in [7, 11) is -3.08. The molecular formula is C13H19Cl2NO2S. The van der Waals surface area contributed by atoms with Gasteiger partial charge in [0, 0.05) is 12.3 Å². The molecule has 2 unspecified atom stereocenters. The summed E-state index contributed by atoms with van der Waals surface area (Å²) < 4.78 is 23.3. The Hall–Kier alpha value is -0.290. The third-order valence-corrected chi connectivity index (χ3v) is 5.57. The molecule has 1 aromatic rings. The van der Waals surface area contributed by atoms with E-state index in [9.17, 15) is 8.42 Å². The largest absolute Gasteiger partial charge is 0.313 e. The number of likely N-dealkylation sites (N-methyl/N-ethyl adjacent to an activating group) is 1. The van der Waals surface area contributed by atoms with Gasteiger partial charge in [-0.3, -0.25) is 0 Å². The van der Waals surface area contributed by atoms with Crippen LogP contribution in [0.25, 0.3) is 0 Å². The van der Waals surface area contributed by atoms with Gasteiger partial charge in [-0.2, -0.15) is 0 Å². The number of rotatable bonds is 6. The average Bonchev–Trinajstić information content (AvgIpc) is 2.31. The zero-order chi connectivity index (χ0) is 14.6. The molecule has 0 aliphatic heterocycles. The van der Waals surface area contributed by atoms with E-state index in [0.717, 1.165) is 5.56 Å². The Balaban J connectivity index is 2.92. The molecule has 2 atom stereocenters. The van der Waals surface area contributed by atoms with E-state index in [1.807, 2.05) is 13.0 Å². The van der Waals surface area contributed by atoms with Crippen LogP contribution in [0, 0.1) is 0 Å². The van der Waals surface area contributed by atoms with E-state index in [2.05, 4.69) is 5.32 Å². The zero-order valence-corrected chi connectivity index (χ0v) is 13.6. The predicted octanol–water partition coefficient (Wildman–Crippen LogP) is 2.95. The van der Waals surface area contributed by atoms with Crippen LogP contribution < -0.4 is 5.32 Å². The summed E-state index contributed by atoms with van der Waals surface area (Å²) in [6, 6.07) is 5.24. The smallest absolute Gasteiger partial charge is 0.151 e. The molecule has 0 aliphatic rings. The van der Waals surface area contributed by atoms with Crippen LogP contribution in [-0.2, 0) is 16.3 Å². The van der Waals surface area contributed by atoms with Gasteiger partial charge in [0.25, 0.3) is 0 Å². The summed E-state index contributed by atoms with van der Waals surface area (Å²) in [6.45, 7) is 4.39. The number of nitrogens with one attached hydrogen (secondary N) is 1. The lowest BCUT2D eigenvalue weighted by Gasteiger charge is -2.23. The lowest BCUT2D eigenvalue weighted by atomic mass is 10.0. The number of benzene rings is 1. The molecule has 3 nitrogen and oxygen atoms in total. The van der Waals surface area contributed by atoms with Gasteiger partial charge in [-0.15, -0.1) is 0 Å². The maximum atomic E-state index is 11.7. The third kappa shape index (κ3) is 4.95. The van der Waals surface area contributed by atoms with E-state index < -0.39 is 15.1 Å². The quantitative estimate of drug-likeness (QED) is 0.875. The molecule has 1 rings (SSSR count). The van der Waals surface area contributed by atoms with Gasteiger partial charge in [-0.1, -0.05) is 36.2 Å². The zero-order valence-electron chi connectivity index (χ0n) is 11.3. The SMILES string of the molecule is CCNC(Cc1ccc(Cl)c(Cl)c1)C(C)S(C)(=O)=O. The van der Waals surface area contributed by atoms with Crippen molar-refractivity contribution in [3.63, 3.8) is 0 Å². The Labute approximate surface area is 125 Å². The van der Waals surface area contributed by atoms with Crippen molar-refractivity contribution in [3.05, 3.63) is 33.8 Å². The summed E-state index contributed by atoms with van der Waals surface area (Å²) >= 11 is 11.8. The Morgan fingerprint density at radius 2 is 1.89 bits per heavy atom. The monoisotopic (exact) mass is 323 g/mol. The highest BCUT2D eigenvalue weighted by molar-refractivity contribution is 7.91. The average molecular weight is 324 g/mol. The minimum atomic E-state index is -3.08. The standard InChI is InChI=1S/C13H19Cl2NO2S/c1-4-16-13(9(2)19(3,17)18)8-10-5-6-11(14)12(15)7-10/h5-7,9,13,16H,4,8H2,1-3H3. The van der Waals surface area contributed by atoms with Gasteiger partial charge < -0.3 is 5.32 Å². The van der Waals surface area contributed by atoms with Crippen LogP contribution in [-0.4, -0.2) is 32.5 Å².